The van der Waals surface area contributed by atoms with Crippen molar-refractivity contribution in [3.8, 4) is 5.75 Å². The number of ether oxygens (including phenoxy) is 1. The Morgan fingerprint density at radius 3 is 2.56 bits per heavy atom. The van der Waals surface area contributed by atoms with Gasteiger partial charge in [0, 0.05) is 10.8 Å². The predicted molar refractivity (Wildman–Crippen MR) is 68.6 cm³/mol. The second-order valence-electron chi connectivity index (χ2n) is 3.59. The maximum Gasteiger partial charge on any atom is 0.446 e. The van der Waals surface area contributed by atoms with Crippen LogP contribution in [0.4, 0.5) is 13.2 Å². The fourth-order valence-electron chi connectivity index (χ4n) is 1.49. The fourth-order valence-corrected chi connectivity index (χ4v) is 2.27. The molecule has 0 bridgehead atoms. The van der Waals surface area contributed by atoms with E-state index in [0.717, 1.165) is 12.0 Å². The molecule has 6 heteroatoms. The third kappa shape index (κ3) is 5.87. The van der Waals surface area contributed by atoms with Crippen molar-refractivity contribution < 1.29 is 17.9 Å². The molecule has 0 heterocycles. The van der Waals surface area contributed by atoms with E-state index in [9.17, 15) is 13.2 Å². The molecule has 0 fully saturated rings. The van der Waals surface area contributed by atoms with E-state index in [0.29, 0.717) is 24.7 Å². The number of aryl methyl sites for hydroxylation is 1. The summed E-state index contributed by atoms with van der Waals surface area (Å²) in [6.07, 6.45) is 1.38. The molecule has 0 saturated heterocycles. The molecule has 102 valence electrons. The molecule has 0 aliphatic carbocycles. The van der Waals surface area contributed by atoms with Gasteiger partial charge in [-0.15, -0.1) is 11.6 Å². The van der Waals surface area contributed by atoms with E-state index in [2.05, 4.69) is 0 Å². The van der Waals surface area contributed by atoms with Crippen molar-refractivity contribution in [1.29, 1.82) is 0 Å². The van der Waals surface area contributed by atoms with Gasteiger partial charge < -0.3 is 4.74 Å². The number of thioether (sulfide) groups is 1. The van der Waals surface area contributed by atoms with Crippen LogP contribution in [0.1, 0.15) is 18.9 Å². The maximum atomic E-state index is 12.3. The van der Waals surface area contributed by atoms with Crippen LogP contribution in [-0.4, -0.2) is 18.0 Å². The van der Waals surface area contributed by atoms with Gasteiger partial charge in [0.25, 0.3) is 0 Å². The van der Waals surface area contributed by atoms with Crippen molar-refractivity contribution in [3.63, 3.8) is 0 Å². The third-order valence-electron chi connectivity index (χ3n) is 2.08. The Balaban J connectivity index is 2.90. The van der Waals surface area contributed by atoms with Crippen LogP contribution in [0.5, 0.6) is 5.75 Å². The zero-order valence-corrected chi connectivity index (χ0v) is 11.5. The number of hydrogen-bond acceptors (Lipinski definition) is 2. The van der Waals surface area contributed by atoms with Crippen molar-refractivity contribution in [2.75, 3.05) is 12.5 Å². The van der Waals surface area contributed by atoms with Crippen molar-refractivity contribution in [1.82, 2.24) is 0 Å². The summed E-state index contributed by atoms with van der Waals surface area (Å²) in [5.74, 6) is 0.956. The van der Waals surface area contributed by atoms with E-state index in [1.165, 1.54) is 12.1 Å². The molecule has 1 aromatic rings. The van der Waals surface area contributed by atoms with E-state index in [1.54, 1.807) is 13.0 Å². The monoisotopic (exact) mass is 298 g/mol. The topological polar surface area (TPSA) is 9.23 Å². The van der Waals surface area contributed by atoms with Crippen LogP contribution in [0, 0.1) is 0 Å². The van der Waals surface area contributed by atoms with E-state index in [-0.39, 0.29) is 16.7 Å². The minimum atomic E-state index is -4.28. The van der Waals surface area contributed by atoms with Gasteiger partial charge in [0.1, 0.15) is 5.75 Å². The van der Waals surface area contributed by atoms with Crippen LogP contribution in [-0.2, 0) is 6.42 Å². The van der Waals surface area contributed by atoms with Gasteiger partial charge in [-0.3, -0.25) is 0 Å². The first-order valence-electron chi connectivity index (χ1n) is 5.53. The number of benzene rings is 1. The highest BCUT2D eigenvalue weighted by Gasteiger charge is 2.29. The van der Waals surface area contributed by atoms with Gasteiger partial charge in [-0.2, -0.15) is 13.2 Å². The lowest BCUT2D eigenvalue weighted by molar-refractivity contribution is -0.0328. The van der Waals surface area contributed by atoms with Gasteiger partial charge in [-0.25, -0.2) is 0 Å². The molecule has 0 spiro atoms. The second kappa shape index (κ2) is 7.14. The van der Waals surface area contributed by atoms with Gasteiger partial charge in [0.15, 0.2) is 0 Å². The molecule has 18 heavy (non-hydrogen) atoms. The molecule has 1 nitrogen and oxygen atoms in total. The summed E-state index contributed by atoms with van der Waals surface area (Å²) in [7, 11) is 0. The number of alkyl halides is 4. The third-order valence-corrected chi connectivity index (χ3v) is 3.05. The summed E-state index contributed by atoms with van der Waals surface area (Å²) in [4.78, 5) is 0.151. The lowest BCUT2D eigenvalue weighted by atomic mass is 10.1. The Labute approximate surface area is 114 Å². The molecule has 0 saturated carbocycles. The summed E-state index contributed by atoms with van der Waals surface area (Å²) < 4.78 is 42.3. The maximum absolute atomic E-state index is 12.3. The molecule has 0 aromatic heterocycles. The average molecular weight is 299 g/mol. The van der Waals surface area contributed by atoms with Crippen LogP contribution >= 0.6 is 23.4 Å². The van der Waals surface area contributed by atoms with Crippen LogP contribution in [0.3, 0.4) is 0 Å². The Kier molecular flexibility index (Phi) is 6.15. The largest absolute Gasteiger partial charge is 0.494 e. The zero-order chi connectivity index (χ0) is 13.6. The second-order valence-corrected chi connectivity index (χ2v) is 5.10. The Morgan fingerprint density at radius 1 is 1.28 bits per heavy atom. The van der Waals surface area contributed by atoms with Crippen LogP contribution < -0.4 is 4.74 Å². The van der Waals surface area contributed by atoms with Gasteiger partial charge >= 0.3 is 5.51 Å². The number of halogens is 4. The smallest absolute Gasteiger partial charge is 0.446 e. The first-order chi connectivity index (χ1) is 8.44. The highest BCUT2D eigenvalue weighted by molar-refractivity contribution is 8.00. The quantitative estimate of drug-likeness (QED) is 0.547. The summed E-state index contributed by atoms with van der Waals surface area (Å²) >= 11 is 5.46. The SMILES string of the molecule is CCOc1cc(CCCCl)cc(SC(F)(F)F)c1. The molecule has 0 amide bonds. The standard InChI is InChI=1S/C12H14ClF3OS/c1-2-17-10-6-9(4-3-5-13)7-11(8-10)18-12(14,15)16/h6-8H,2-5H2,1H3. The first kappa shape index (κ1) is 15.5. The summed E-state index contributed by atoms with van der Waals surface area (Å²) in [6, 6.07) is 4.70. The van der Waals surface area contributed by atoms with E-state index < -0.39 is 5.51 Å². The Bertz CT molecular complexity index is 382. The van der Waals surface area contributed by atoms with Crippen LogP contribution in [0.2, 0.25) is 0 Å². The molecule has 0 aliphatic rings. The lowest BCUT2D eigenvalue weighted by Crippen LogP contribution is -2.00. The molecule has 1 aromatic carbocycles. The highest BCUT2D eigenvalue weighted by Crippen LogP contribution is 2.38. The summed E-state index contributed by atoms with van der Waals surface area (Å²) in [5, 5.41) is 0. The molecule has 0 atom stereocenters. The van der Waals surface area contributed by atoms with Crippen LogP contribution in [0.15, 0.2) is 23.1 Å². The predicted octanol–water partition coefficient (Wildman–Crippen LogP) is 4.87. The van der Waals surface area contributed by atoms with Crippen LogP contribution in [0.25, 0.3) is 0 Å². The Morgan fingerprint density at radius 2 is 2.00 bits per heavy atom. The molecular formula is C12H14ClF3OS. The summed E-state index contributed by atoms with van der Waals surface area (Å²) in [5.41, 5.74) is -3.47. The molecule has 0 radical (unpaired) electrons. The zero-order valence-electron chi connectivity index (χ0n) is 9.89. The molecule has 1 rings (SSSR count). The Hall–Kier alpha value is -0.550. The lowest BCUT2D eigenvalue weighted by Gasteiger charge is -2.11. The van der Waals surface area contributed by atoms with Gasteiger partial charge in [0.05, 0.1) is 6.61 Å². The summed E-state index contributed by atoms with van der Waals surface area (Å²) in [6.45, 7) is 2.22. The van der Waals surface area contributed by atoms with E-state index in [1.807, 2.05) is 0 Å². The van der Waals surface area contributed by atoms with E-state index in [4.69, 9.17) is 16.3 Å². The van der Waals surface area contributed by atoms with Gasteiger partial charge in [0.2, 0.25) is 0 Å². The van der Waals surface area contributed by atoms with E-state index >= 15 is 0 Å². The molecule has 0 aliphatic heterocycles. The van der Waals surface area contributed by atoms with Crippen molar-refractivity contribution in [3.05, 3.63) is 23.8 Å². The minimum Gasteiger partial charge on any atom is -0.494 e. The first-order valence-corrected chi connectivity index (χ1v) is 6.88. The fraction of sp³-hybridized carbons (Fsp3) is 0.500. The minimum absolute atomic E-state index is 0.125. The van der Waals surface area contributed by atoms with Crippen molar-refractivity contribution in [2.45, 2.75) is 30.2 Å². The van der Waals surface area contributed by atoms with Crippen molar-refractivity contribution in [2.24, 2.45) is 0 Å². The van der Waals surface area contributed by atoms with Gasteiger partial charge in [-0.05, 0) is 55.3 Å². The number of rotatable bonds is 6. The molecular weight excluding hydrogens is 285 g/mol. The molecule has 0 unspecified atom stereocenters. The number of hydrogen-bond donors (Lipinski definition) is 0. The average Bonchev–Trinajstić information content (AvgIpc) is 2.24. The van der Waals surface area contributed by atoms with Gasteiger partial charge in [-0.1, -0.05) is 0 Å². The highest BCUT2D eigenvalue weighted by atomic mass is 35.5. The normalized spacial score (nSPS) is 11.6. The van der Waals surface area contributed by atoms with Crippen molar-refractivity contribution >= 4 is 23.4 Å². The molecule has 0 N–H and O–H groups in total.